The molecule has 21 heavy (non-hydrogen) atoms. The van der Waals surface area contributed by atoms with E-state index in [4.69, 9.17) is 13.9 Å². The summed E-state index contributed by atoms with van der Waals surface area (Å²) in [5, 5.41) is 2.73. The third-order valence-electron chi connectivity index (χ3n) is 2.87. The maximum atomic E-state index is 11.8. The number of hydrogen-bond donors (Lipinski definition) is 1. The highest BCUT2D eigenvalue weighted by atomic mass is 16.5. The van der Waals surface area contributed by atoms with Crippen molar-refractivity contribution in [1.29, 1.82) is 0 Å². The number of ether oxygens (including phenoxy) is 2. The standard InChI is InChI=1S/C16H17NO4/c1-19-13-6-7-15(20-2)12(10-13)5-8-16(18)17-11-14-4-3-9-21-14/h3-10H,11H2,1-2H3,(H,17,18). The van der Waals surface area contributed by atoms with Gasteiger partial charge in [0.25, 0.3) is 0 Å². The van der Waals surface area contributed by atoms with Crippen LogP contribution in [0.3, 0.4) is 0 Å². The summed E-state index contributed by atoms with van der Waals surface area (Å²) in [5.74, 6) is 1.87. The lowest BCUT2D eigenvalue weighted by Gasteiger charge is -2.07. The smallest absolute Gasteiger partial charge is 0.244 e. The van der Waals surface area contributed by atoms with Crippen LogP contribution in [-0.2, 0) is 11.3 Å². The van der Waals surface area contributed by atoms with Gasteiger partial charge in [-0.1, -0.05) is 0 Å². The van der Waals surface area contributed by atoms with E-state index in [1.807, 2.05) is 0 Å². The van der Waals surface area contributed by atoms with Crippen molar-refractivity contribution in [3.8, 4) is 11.5 Å². The fraction of sp³-hybridized carbons (Fsp3) is 0.188. The fourth-order valence-electron chi connectivity index (χ4n) is 1.78. The van der Waals surface area contributed by atoms with E-state index in [9.17, 15) is 4.79 Å². The van der Waals surface area contributed by atoms with Crippen LogP contribution in [0.5, 0.6) is 11.5 Å². The molecule has 1 heterocycles. The van der Waals surface area contributed by atoms with Crippen molar-refractivity contribution in [3.63, 3.8) is 0 Å². The molecule has 0 saturated heterocycles. The summed E-state index contributed by atoms with van der Waals surface area (Å²) >= 11 is 0. The first kappa shape index (κ1) is 14.7. The van der Waals surface area contributed by atoms with Gasteiger partial charge in [-0.25, -0.2) is 0 Å². The molecule has 2 rings (SSSR count). The highest BCUT2D eigenvalue weighted by Crippen LogP contribution is 2.24. The molecule has 1 aromatic heterocycles. The predicted molar refractivity (Wildman–Crippen MR) is 79.1 cm³/mol. The first-order valence-corrected chi connectivity index (χ1v) is 6.43. The lowest BCUT2D eigenvalue weighted by atomic mass is 10.1. The van der Waals surface area contributed by atoms with Crippen LogP contribution < -0.4 is 14.8 Å². The molecule has 0 aliphatic heterocycles. The van der Waals surface area contributed by atoms with Crippen LogP contribution in [0.15, 0.2) is 47.1 Å². The molecule has 0 atom stereocenters. The number of furan rings is 1. The van der Waals surface area contributed by atoms with Crippen LogP contribution in [0.4, 0.5) is 0 Å². The second kappa shape index (κ2) is 7.19. The number of benzene rings is 1. The summed E-state index contributed by atoms with van der Waals surface area (Å²) in [6.07, 6.45) is 4.69. The molecule has 0 spiro atoms. The Bertz CT molecular complexity index is 617. The van der Waals surface area contributed by atoms with E-state index in [2.05, 4.69) is 5.32 Å². The van der Waals surface area contributed by atoms with Gasteiger partial charge in [0, 0.05) is 11.6 Å². The van der Waals surface area contributed by atoms with Gasteiger partial charge in [-0.3, -0.25) is 4.79 Å². The van der Waals surface area contributed by atoms with E-state index >= 15 is 0 Å². The Hall–Kier alpha value is -2.69. The molecule has 5 nitrogen and oxygen atoms in total. The van der Waals surface area contributed by atoms with Gasteiger partial charge in [-0.15, -0.1) is 0 Å². The minimum absolute atomic E-state index is 0.212. The first-order valence-electron chi connectivity index (χ1n) is 6.43. The summed E-state index contributed by atoms with van der Waals surface area (Å²) in [6.45, 7) is 0.353. The number of rotatable bonds is 6. The summed E-state index contributed by atoms with van der Waals surface area (Å²) < 4.78 is 15.5. The van der Waals surface area contributed by atoms with Gasteiger partial charge in [0.15, 0.2) is 0 Å². The summed E-state index contributed by atoms with van der Waals surface area (Å²) in [7, 11) is 3.17. The number of carbonyl (C=O) groups excluding carboxylic acids is 1. The van der Waals surface area contributed by atoms with Gasteiger partial charge in [0.1, 0.15) is 17.3 Å². The Morgan fingerprint density at radius 3 is 2.81 bits per heavy atom. The molecule has 2 aromatic rings. The van der Waals surface area contributed by atoms with Crippen molar-refractivity contribution in [2.45, 2.75) is 6.54 Å². The molecule has 1 N–H and O–H groups in total. The van der Waals surface area contributed by atoms with E-state index in [1.165, 1.54) is 6.08 Å². The van der Waals surface area contributed by atoms with Crippen LogP contribution in [0.1, 0.15) is 11.3 Å². The van der Waals surface area contributed by atoms with Crippen molar-refractivity contribution in [1.82, 2.24) is 5.32 Å². The Balaban J connectivity index is 2.00. The average Bonchev–Trinajstić information content (AvgIpc) is 3.04. The zero-order chi connectivity index (χ0) is 15.1. The molecular weight excluding hydrogens is 270 g/mol. The summed E-state index contributed by atoms with van der Waals surface area (Å²) in [6, 6.07) is 8.97. The van der Waals surface area contributed by atoms with Crippen molar-refractivity contribution in [3.05, 3.63) is 54.0 Å². The molecule has 0 unspecified atom stereocenters. The molecular formula is C16H17NO4. The van der Waals surface area contributed by atoms with Crippen LogP contribution in [0, 0.1) is 0 Å². The van der Waals surface area contributed by atoms with Gasteiger partial charge < -0.3 is 19.2 Å². The number of nitrogens with one attached hydrogen (secondary N) is 1. The van der Waals surface area contributed by atoms with Gasteiger partial charge in [0.2, 0.25) is 5.91 Å². The Morgan fingerprint density at radius 1 is 1.29 bits per heavy atom. The quantitative estimate of drug-likeness (QED) is 0.830. The molecule has 0 radical (unpaired) electrons. The highest BCUT2D eigenvalue weighted by molar-refractivity contribution is 5.92. The van der Waals surface area contributed by atoms with Crippen molar-refractivity contribution in [2.24, 2.45) is 0 Å². The monoisotopic (exact) mass is 287 g/mol. The number of carbonyl (C=O) groups is 1. The Kier molecular flexibility index (Phi) is 5.04. The SMILES string of the molecule is COc1ccc(OC)c(C=CC(=O)NCc2ccco2)c1. The van der Waals surface area contributed by atoms with Gasteiger partial charge in [-0.2, -0.15) is 0 Å². The van der Waals surface area contributed by atoms with Gasteiger partial charge in [0.05, 0.1) is 27.0 Å². The van der Waals surface area contributed by atoms with E-state index in [0.717, 1.165) is 5.56 Å². The second-order valence-corrected chi connectivity index (χ2v) is 4.24. The van der Waals surface area contributed by atoms with Gasteiger partial charge in [-0.05, 0) is 36.4 Å². The van der Waals surface area contributed by atoms with E-state index in [0.29, 0.717) is 23.8 Å². The van der Waals surface area contributed by atoms with E-state index in [-0.39, 0.29) is 5.91 Å². The molecule has 1 aromatic carbocycles. The third-order valence-corrected chi connectivity index (χ3v) is 2.87. The van der Waals surface area contributed by atoms with Crippen LogP contribution in [-0.4, -0.2) is 20.1 Å². The molecule has 110 valence electrons. The summed E-state index contributed by atoms with van der Waals surface area (Å²) in [5.41, 5.74) is 0.769. The molecule has 0 fully saturated rings. The number of amides is 1. The fourth-order valence-corrected chi connectivity index (χ4v) is 1.78. The maximum absolute atomic E-state index is 11.8. The molecule has 0 bridgehead atoms. The normalized spacial score (nSPS) is 10.6. The minimum Gasteiger partial charge on any atom is -0.497 e. The van der Waals surface area contributed by atoms with Crippen molar-refractivity contribution < 1.29 is 18.7 Å². The molecule has 0 saturated carbocycles. The molecule has 0 aliphatic carbocycles. The Labute approximate surface area is 123 Å². The van der Waals surface area contributed by atoms with Crippen molar-refractivity contribution in [2.75, 3.05) is 14.2 Å². The lowest BCUT2D eigenvalue weighted by Crippen LogP contribution is -2.19. The largest absolute Gasteiger partial charge is 0.497 e. The molecule has 1 amide bonds. The average molecular weight is 287 g/mol. The van der Waals surface area contributed by atoms with Crippen LogP contribution in [0.2, 0.25) is 0 Å². The number of hydrogen-bond acceptors (Lipinski definition) is 4. The van der Waals surface area contributed by atoms with Crippen LogP contribution in [0.25, 0.3) is 6.08 Å². The second-order valence-electron chi connectivity index (χ2n) is 4.24. The summed E-state index contributed by atoms with van der Waals surface area (Å²) in [4.78, 5) is 11.8. The topological polar surface area (TPSA) is 60.7 Å². The minimum atomic E-state index is -0.212. The molecule has 0 aliphatic rings. The Morgan fingerprint density at radius 2 is 2.14 bits per heavy atom. The predicted octanol–water partition coefficient (Wildman–Crippen LogP) is 2.63. The highest BCUT2D eigenvalue weighted by Gasteiger charge is 2.03. The zero-order valence-corrected chi connectivity index (χ0v) is 12.0. The van der Waals surface area contributed by atoms with Crippen LogP contribution >= 0.6 is 0 Å². The first-order chi connectivity index (χ1) is 10.2. The van der Waals surface area contributed by atoms with Crippen molar-refractivity contribution >= 4 is 12.0 Å². The number of methoxy groups -OCH3 is 2. The zero-order valence-electron chi connectivity index (χ0n) is 12.0. The van der Waals surface area contributed by atoms with E-state index < -0.39 is 0 Å². The van der Waals surface area contributed by atoms with E-state index in [1.54, 1.807) is 56.9 Å². The maximum Gasteiger partial charge on any atom is 0.244 e. The molecule has 5 heteroatoms. The third kappa shape index (κ3) is 4.14. The van der Waals surface area contributed by atoms with Gasteiger partial charge >= 0.3 is 0 Å². The lowest BCUT2D eigenvalue weighted by molar-refractivity contribution is -0.116.